The van der Waals surface area contributed by atoms with Crippen LogP contribution in [-0.4, -0.2) is 42.5 Å². The number of aromatic nitrogens is 5. The van der Waals surface area contributed by atoms with E-state index in [0.717, 1.165) is 55.6 Å². The lowest BCUT2D eigenvalue weighted by atomic mass is 9.97. The molecule has 0 unspecified atom stereocenters. The molecule has 1 saturated heterocycles. The Balaban J connectivity index is 1.40. The molecule has 3 aromatic rings. The van der Waals surface area contributed by atoms with Crippen LogP contribution >= 0.6 is 12.2 Å². The fourth-order valence-electron chi connectivity index (χ4n) is 3.58. The van der Waals surface area contributed by atoms with Crippen LogP contribution in [0.5, 0.6) is 0 Å². The van der Waals surface area contributed by atoms with Crippen molar-refractivity contribution in [3.63, 3.8) is 0 Å². The third-order valence-electron chi connectivity index (χ3n) is 5.11. The summed E-state index contributed by atoms with van der Waals surface area (Å²) in [6.07, 6.45) is 2.03. The van der Waals surface area contributed by atoms with Crippen LogP contribution in [0.1, 0.15) is 41.9 Å². The molecular weight excluding hydrogens is 360 g/mol. The van der Waals surface area contributed by atoms with Gasteiger partial charge in [-0.15, -0.1) is 0 Å². The largest absolute Gasteiger partial charge is 0.339 e. The van der Waals surface area contributed by atoms with Crippen LogP contribution in [0.25, 0.3) is 0 Å². The van der Waals surface area contributed by atoms with E-state index in [1.54, 1.807) is 0 Å². The molecule has 0 saturated carbocycles. The Morgan fingerprint density at radius 3 is 2.56 bits per heavy atom. The normalized spacial score (nSPS) is 16.1. The average Bonchev–Trinajstić information content (AvgIpc) is 3.22. The van der Waals surface area contributed by atoms with Crippen molar-refractivity contribution in [1.82, 2.24) is 29.4 Å². The summed E-state index contributed by atoms with van der Waals surface area (Å²) < 4.78 is 10.1. The number of aryl methyl sites for hydroxylation is 2. The molecule has 0 radical (unpaired) electrons. The lowest BCUT2D eigenvalue weighted by molar-refractivity contribution is 0.149. The van der Waals surface area contributed by atoms with E-state index >= 15 is 0 Å². The first kappa shape index (κ1) is 18.1. The predicted octanol–water partition coefficient (Wildman–Crippen LogP) is 3.30. The van der Waals surface area contributed by atoms with Gasteiger partial charge in [0, 0.05) is 19.0 Å². The van der Waals surface area contributed by atoms with Gasteiger partial charge in [0.15, 0.2) is 10.6 Å². The third-order valence-corrected chi connectivity index (χ3v) is 5.54. The Morgan fingerprint density at radius 1 is 1.15 bits per heavy atom. The number of rotatable bonds is 5. The van der Waals surface area contributed by atoms with Crippen LogP contribution in [0.3, 0.4) is 0 Å². The van der Waals surface area contributed by atoms with E-state index < -0.39 is 0 Å². The number of piperidine rings is 1. The fraction of sp³-hybridized carbons (Fsp3) is 0.474. The SMILES string of the molecule is Cc1noc(C2CCN(Cn3nc(C)n(Cc4ccccc4)c3=S)CC2)n1. The molecule has 1 aromatic carbocycles. The highest BCUT2D eigenvalue weighted by atomic mass is 32.1. The summed E-state index contributed by atoms with van der Waals surface area (Å²) in [5.74, 6) is 2.78. The smallest absolute Gasteiger partial charge is 0.229 e. The van der Waals surface area contributed by atoms with Gasteiger partial charge in [0.2, 0.25) is 5.89 Å². The van der Waals surface area contributed by atoms with Crippen molar-refractivity contribution in [3.8, 4) is 0 Å². The van der Waals surface area contributed by atoms with Crippen molar-refractivity contribution in [2.24, 2.45) is 0 Å². The lowest BCUT2D eigenvalue weighted by Crippen LogP contribution is -2.35. The van der Waals surface area contributed by atoms with Gasteiger partial charge in [-0.05, 0) is 44.5 Å². The van der Waals surface area contributed by atoms with Gasteiger partial charge >= 0.3 is 0 Å². The van der Waals surface area contributed by atoms with Crippen LogP contribution in [-0.2, 0) is 13.2 Å². The molecule has 8 heteroatoms. The molecule has 0 spiro atoms. The van der Waals surface area contributed by atoms with Crippen LogP contribution in [0.15, 0.2) is 34.9 Å². The maximum Gasteiger partial charge on any atom is 0.229 e. The second-order valence-electron chi connectivity index (χ2n) is 7.11. The molecule has 1 aliphatic rings. The second-order valence-corrected chi connectivity index (χ2v) is 7.48. The van der Waals surface area contributed by atoms with Crippen LogP contribution in [0.4, 0.5) is 0 Å². The predicted molar refractivity (Wildman–Crippen MR) is 104 cm³/mol. The molecule has 0 amide bonds. The zero-order valence-corrected chi connectivity index (χ0v) is 16.5. The minimum Gasteiger partial charge on any atom is -0.339 e. The van der Waals surface area contributed by atoms with Gasteiger partial charge in [0.05, 0.1) is 13.2 Å². The highest BCUT2D eigenvalue weighted by Crippen LogP contribution is 2.26. The highest BCUT2D eigenvalue weighted by Gasteiger charge is 2.25. The van der Waals surface area contributed by atoms with Crippen molar-refractivity contribution in [2.75, 3.05) is 13.1 Å². The van der Waals surface area contributed by atoms with Crippen LogP contribution in [0, 0.1) is 18.6 Å². The fourth-order valence-corrected chi connectivity index (χ4v) is 3.87. The summed E-state index contributed by atoms with van der Waals surface area (Å²) >= 11 is 5.69. The summed E-state index contributed by atoms with van der Waals surface area (Å²) in [4.78, 5) is 6.76. The Labute approximate surface area is 163 Å². The summed E-state index contributed by atoms with van der Waals surface area (Å²) in [5, 5.41) is 8.58. The molecule has 2 aromatic heterocycles. The van der Waals surface area contributed by atoms with E-state index in [2.05, 4.69) is 36.8 Å². The number of benzene rings is 1. The lowest BCUT2D eigenvalue weighted by Gasteiger charge is -2.29. The second kappa shape index (κ2) is 7.74. The van der Waals surface area contributed by atoms with E-state index in [0.29, 0.717) is 11.7 Å². The van der Waals surface area contributed by atoms with Crippen LogP contribution < -0.4 is 0 Å². The Morgan fingerprint density at radius 2 is 1.89 bits per heavy atom. The molecule has 142 valence electrons. The number of hydrogen-bond donors (Lipinski definition) is 0. The zero-order chi connectivity index (χ0) is 18.8. The molecular formula is C19H24N6OS. The van der Waals surface area contributed by atoms with Gasteiger partial charge in [-0.2, -0.15) is 10.1 Å². The van der Waals surface area contributed by atoms with Gasteiger partial charge < -0.3 is 4.52 Å². The van der Waals surface area contributed by atoms with Crippen molar-refractivity contribution >= 4 is 12.2 Å². The highest BCUT2D eigenvalue weighted by molar-refractivity contribution is 7.71. The molecule has 27 heavy (non-hydrogen) atoms. The Kier molecular flexibility index (Phi) is 5.18. The first-order chi connectivity index (χ1) is 13.1. The minimum atomic E-state index is 0.354. The molecule has 7 nitrogen and oxygen atoms in total. The zero-order valence-electron chi connectivity index (χ0n) is 15.7. The number of nitrogens with zero attached hydrogens (tertiary/aromatic N) is 6. The molecule has 0 aliphatic carbocycles. The summed E-state index contributed by atoms with van der Waals surface area (Å²) in [7, 11) is 0. The molecule has 3 heterocycles. The Bertz CT molecular complexity index is 952. The summed E-state index contributed by atoms with van der Waals surface area (Å²) in [6.45, 7) is 7.29. The van der Waals surface area contributed by atoms with Crippen LogP contribution in [0.2, 0.25) is 0 Å². The minimum absolute atomic E-state index is 0.354. The van der Waals surface area contributed by atoms with Gasteiger partial charge in [-0.1, -0.05) is 35.5 Å². The number of hydrogen-bond acceptors (Lipinski definition) is 6. The molecule has 1 aliphatic heterocycles. The molecule has 0 atom stereocenters. The van der Waals surface area contributed by atoms with E-state index in [-0.39, 0.29) is 0 Å². The summed E-state index contributed by atoms with van der Waals surface area (Å²) in [5.41, 5.74) is 1.23. The average molecular weight is 385 g/mol. The van der Waals surface area contributed by atoms with Gasteiger partial charge in [0.25, 0.3) is 0 Å². The third kappa shape index (κ3) is 4.01. The van der Waals surface area contributed by atoms with E-state index in [1.165, 1.54) is 5.56 Å². The van der Waals surface area contributed by atoms with E-state index in [9.17, 15) is 0 Å². The molecule has 0 N–H and O–H groups in total. The van der Waals surface area contributed by atoms with Gasteiger partial charge in [0.1, 0.15) is 5.82 Å². The van der Waals surface area contributed by atoms with E-state index in [1.807, 2.05) is 36.7 Å². The number of likely N-dealkylation sites (tertiary alicyclic amines) is 1. The van der Waals surface area contributed by atoms with Gasteiger partial charge in [-0.3, -0.25) is 9.47 Å². The standard InChI is InChI=1S/C19H24N6OS/c1-14-20-18(26-22-14)17-8-10-23(11-9-17)13-25-19(27)24(15(2)21-25)12-16-6-4-3-5-7-16/h3-7,17H,8-13H2,1-2H3. The topological polar surface area (TPSA) is 64.9 Å². The van der Waals surface area contributed by atoms with Crippen molar-refractivity contribution in [1.29, 1.82) is 0 Å². The van der Waals surface area contributed by atoms with Crippen molar-refractivity contribution in [2.45, 2.75) is 45.8 Å². The maximum absolute atomic E-state index is 5.69. The quantitative estimate of drug-likeness (QED) is 0.629. The first-order valence-corrected chi connectivity index (χ1v) is 9.71. The monoisotopic (exact) mass is 384 g/mol. The molecule has 4 rings (SSSR count). The molecule has 0 bridgehead atoms. The summed E-state index contributed by atoms with van der Waals surface area (Å²) in [6, 6.07) is 10.4. The van der Waals surface area contributed by atoms with Crippen molar-refractivity contribution in [3.05, 3.63) is 58.2 Å². The van der Waals surface area contributed by atoms with Gasteiger partial charge in [-0.25, -0.2) is 4.68 Å². The first-order valence-electron chi connectivity index (χ1n) is 9.31. The van der Waals surface area contributed by atoms with Crippen molar-refractivity contribution < 1.29 is 4.52 Å². The Hall–Kier alpha value is -2.32. The van der Waals surface area contributed by atoms with E-state index in [4.69, 9.17) is 16.7 Å². The molecule has 1 fully saturated rings. The maximum atomic E-state index is 5.69.